The van der Waals surface area contributed by atoms with Gasteiger partial charge in [-0.2, -0.15) is 4.31 Å². The first-order chi connectivity index (χ1) is 13.7. The van der Waals surface area contributed by atoms with Gasteiger partial charge in [-0.1, -0.05) is 6.08 Å². The first-order valence-corrected chi connectivity index (χ1v) is 11.1. The summed E-state index contributed by atoms with van der Waals surface area (Å²) in [6.07, 6.45) is 4.15. The fourth-order valence-corrected chi connectivity index (χ4v) is 4.21. The molecule has 1 fully saturated rings. The molecule has 2 aromatic rings. The number of nitrogens with zero attached hydrogens (tertiary/aromatic N) is 4. The lowest BCUT2D eigenvalue weighted by Crippen LogP contribution is -2.49. The summed E-state index contributed by atoms with van der Waals surface area (Å²) < 4.78 is 31.4. The Morgan fingerprint density at radius 1 is 1.34 bits per heavy atom. The number of aryl methyl sites for hydroxylation is 1. The molecule has 29 heavy (non-hydrogen) atoms. The van der Waals surface area contributed by atoms with Gasteiger partial charge < -0.3 is 9.73 Å². The van der Waals surface area contributed by atoms with Crippen LogP contribution in [0.2, 0.25) is 0 Å². The monoisotopic (exact) mass is 423 g/mol. The van der Waals surface area contributed by atoms with E-state index in [1.54, 1.807) is 13.0 Å². The van der Waals surface area contributed by atoms with Crippen LogP contribution in [-0.4, -0.2) is 78.6 Å². The lowest BCUT2D eigenvalue weighted by molar-refractivity contribution is 0.0945. The molecule has 0 atom stereocenters. The fraction of sp³-hybridized carbons (Fsp3) is 0.500. The summed E-state index contributed by atoms with van der Waals surface area (Å²) >= 11 is 0. The third-order valence-electron chi connectivity index (χ3n) is 4.92. The summed E-state index contributed by atoms with van der Waals surface area (Å²) in [5.74, 6) is -0.0634. The molecule has 11 heteroatoms. The fourth-order valence-electron chi connectivity index (χ4n) is 3.38. The van der Waals surface area contributed by atoms with E-state index in [2.05, 4.69) is 21.8 Å². The van der Waals surface area contributed by atoms with Crippen LogP contribution in [0.5, 0.6) is 0 Å². The molecule has 0 aliphatic carbocycles. The Labute approximate surface area is 168 Å². The Balaban J connectivity index is 1.65. The van der Waals surface area contributed by atoms with Crippen molar-refractivity contribution in [3.8, 4) is 0 Å². The smallest absolute Gasteiger partial charge is 0.265 e. The first-order valence-electron chi connectivity index (χ1n) is 9.27. The molecule has 1 aliphatic heterocycles. The Kier molecular flexibility index (Phi) is 6.20. The molecule has 1 amide bonds. The van der Waals surface area contributed by atoms with Crippen molar-refractivity contribution in [3.63, 3.8) is 0 Å². The topological polar surface area (TPSA) is 118 Å². The van der Waals surface area contributed by atoms with E-state index in [-0.39, 0.29) is 28.8 Å². The van der Waals surface area contributed by atoms with E-state index in [9.17, 15) is 18.0 Å². The molecule has 0 spiro atoms. The number of carbonyl (C=O) groups excluding carboxylic acids is 1. The highest BCUT2D eigenvalue weighted by molar-refractivity contribution is 7.88. The van der Waals surface area contributed by atoms with Crippen molar-refractivity contribution < 1.29 is 17.6 Å². The number of fused-ring (bicyclic) bond motifs is 1. The van der Waals surface area contributed by atoms with Crippen LogP contribution in [-0.2, 0) is 16.6 Å². The van der Waals surface area contributed by atoms with Crippen molar-refractivity contribution in [3.05, 3.63) is 40.7 Å². The van der Waals surface area contributed by atoms with Gasteiger partial charge in [0, 0.05) is 45.8 Å². The third-order valence-corrected chi connectivity index (χ3v) is 6.22. The van der Waals surface area contributed by atoms with E-state index >= 15 is 0 Å². The highest BCUT2D eigenvalue weighted by Crippen LogP contribution is 2.20. The van der Waals surface area contributed by atoms with E-state index in [0.29, 0.717) is 45.0 Å². The molecule has 2 aromatic heterocycles. The van der Waals surface area contributed by atoms with Crippen molar-refractivity contribution in [2.24, 2.45) is 0 Å². The Morgan fingerprint density at radius 3 is 2.66 bits per heavy atom. The van der Waals surface area contributed by atoms with Crippen LogP contribution in [0.15, 0.2) is 28.2 Å². The third kappa shape index (κ3) is 4.57. The average molecular weight is 423 g/mol. The standard InChI is InChI=1S/C18H25N5O5S/c1-4-6-22-12-20-17-15(18(22)25)14(13(2)28-17)16(24)19-5-7-21-8-10-23(11-9-21)29(3,26)27/h4,12H,1,5-11H2,2-3H3,(H,19,24). The van der Waals surface area contributed by atoms with Crippen LogP contribution >= 0.6 is 0 Å². The quantitative estimate of drug-likeness (QED) is 0.612. The van der Waals surface area contributed by atoms with Gasteiger partial charge >= 0.3 is 0 Å². The van der Waals surface area contributed by atoms with Crippen molar-refractivity contribution in [1.82, 2.24) is 24.1 Å². The number of furan rings is 1. The van der Waals surface area contributed by atoms with Crippen molar-refractivity contribution in [2.45, 2.75) is 13.5 Å². The molecule has 0 saturated carbocycles. The van der Waals surface area contributed by atoms with Crippen molar-refractivity contribution in [2.75, 3.05) is 45.5 Å². The Morgan fingerprint density at radius 2 is 2.03 bits per heavy atom. The van der Waals surface area contributed by atoms with Crippen molar-refractivity contribution in [1.29, 1.82) is 0 Å². The highest BCUT2D eigenvalue weighted by Gasteiger charge is 2.25. The normalized spacial score (nSPS) is 16.2. The SMILES string of the molecule is C=CCn1cnc2oc(C)c(C(=O)NCCN3CCN(S(C)(=O)=O)CC3)c2c1=O. The molecule has 10 nitrogen and oxygen atoms in total. The zero-order valence-electron chi connectivity index (χ0n) is 16.5. The number of carbonyl (C=O) groups is 1. The van der Waals surface area contributed by atoms with Crippen LogP contribution in [0.25, 0.3) is 11.1 Å². The molecule has 1 saturated heterocycles. The second kappa shape index (κ2) is 8.47. The number of nitrogens with one attached hydrogen (secondary N) is 1. The molecule has 1 N–H and O–H groups in total. The number of allylic oxidation sites excluding steroid dienone is 1. The zero-order chi connectivity index (χ0) is 21.2. The van der Waals surface area contributed by atoms with Gasteiger partial charge in [0.15, 0.2) is 0 Å². The van der Waals surface area contributed by atoms with Crippen LogP contribution in [0.4, 0.5) is 0 Å². The molecular formula is C18H25N5O5S. The van der Waals surface area contributed by atoms with Gasteiger partial charge in [0.25, 0.3) is 11.5 Å². The Bertz CT molecular complexity index is 1080. The van der Waals surface area contributed by atoms with Crippen molar-refractivity contribution >= 4 is 27.0 Å². The van der Waals surface area contributed by atoms with Gasteiger partial charge in [0.1, 0.15) is 17.5 Å². The molecule has 0 radical (unpaired) electrons. The predicted molar refractivity (Wildman–Crippen MR) is 108 cm³/mol. The minimum absolute atomic E-state index is 0.134. The van der Waals surface area contributed by atoms with Crippen LogP contribution in [0.1, 0.15) is 16.1 Å². The zero-order valence-corrected chi connectivity index (χ0v) is 17.4. The molecule has 3 rings (SSSR count). The second-order valence-corrected chi connectivity index (χ2v) is 8.95. The number of hydrogen-bond acceptors (Lipinski definition) is 7. The van der Waals surface area contributed by atoms with Gasteiger partial charge in [-0.3, -0.25) is 19.1 Å². The van der Waals surface area contributed by atoms with Gasteiger partial charge in [0.05, 0.1) is 11.8 Å². The largest absolute Gasteiger partial charge is 0.442 e. The maximum absolute atomic E-state index is 12.7. The molecule has 158 valence electrons. The number of rotatable bonds is 7. The summed E-state index contributed by atoms with van der Waals surface area (Å²) in [5.41, 5.74) is -0.0264. The maximum atomic E-state index is 12.7. The highest BCUT2D eigenvalue weighted by atomic mass is 32.2. The number of sulfonamides is 1. The predicted octanol–water partition coefficient (Wildman–Crippen LogP) is -0.209. The lowest BCUT2D eigenvalue weighted by Gasteiger charge is -2.33. The summed E-state index contributed by atoms with van der Waals surface area (Å²) in [6, 6.07) is 0. The number of amides is 1. The summed E-state index contributed by atoms with van der Waals surface area (Å²) in [5, 5.41) is 2.98. The minimum Gasteiger partial charge on any atom is -0.442 e. The van der Waals surface area contributed by atoms with E-state index in [0.717, 1.165) is 0 Å². The molecule has 3 heterocycles. The number of aromatic nitrogens is 2. The number of piperazine rings is 1. The Hall–Kier alpha value is -2.50. The van der Waals surface area contributed by atoms with E-state index in [1.165, 1.54) is 21.5 Å². The summed E-state index contributed by atoms with van der Waals surface area (Å²) in [4.78, 5) is 31.6. The lowest BCUT2D eigenvalue weighted by atomic mass is 10.2. The van der Waals surface area contributed by atoms with Crippen LogP contribution in [0, 0.1) is 6.92 Å². The van der Waals surface area contributed by atoms with E-state index in [1.807, 2.05) is 0 Å². The summed E-state index contributed by atoms with van der Waals surface area (Å²) in [7, 11) is -3.17. The van der Waals surface area contributed by atoms with Gasteiger partial charge in [-0.25, -0.2) is 13.4 Å². The van der Waals surface area contributed by atoms with E-state index < -0.39 is 15.9 Å². The van der Waals surface area contributed by atoms with Gasteiger partial charge in [-0.15, -0.1) is 6.58 Å². The summed E-state index contributed by atoms with van der Waals surface area (Å²) in [6.45, 7) is 8.55. The molecule has 0 aromatic carbocycles. The molecule has 0 bridgehead atoms. The van der Waals surface area contributed by atoms with E-state index in [4.69, 9.17) is 4.42 Å². The second-order valence-electron chi connectivity index (χ2n) is 6.96. The molecule has 0 unspecified atom stereocenters. The first kappa shape index (κ1) is 21.2. The van der Waals surface area contributed by atoms with Crippen LogP contribution in [0.3, 0.4) is 0 Å². The minimum atomic E-state index is -3.17. The molecule has 1 aliphatic rings. The van der Waals surface area contributed by atoms with Gasteiger partial charge in [0.2, 0.25) is 15.7 Å². The number of hydrogen-bond donors (Lipinski definition) is 1. The van der Waals surface area contributed by atoms with Crippen LogP contribution < -0.4 is 10.9 Å². The van der Waals surface area contributed by atoms with Gasteiger partial charge in [-0.05, 0) is 6.92 Å². The average Bonchev–Trinajstić information content (AvgIpc) is 3.00. The maximum Gasteiger partial charge on any atom is 0.265 e. The molecular weight excluding hydrogens is 398 g/mol.